The number of rotatable bonds is 8. The fourth-order valence-electron chi connectivity index (χ4n) is 2.68. The second-order valence-electron chi connectivity index (χ2n) is 6.21. The standard InChI is InChI=1S/C20H22N4O4/c21-13-16-12-18(7-8-22-16)28-17-5-3-15(4-6-17)24-20(25)23-9-11-26-14-19-2-1-10-27-19/h3-8,12,19H,1-2,9-11,14H2,(H2,23,24,25). The van der Waals surface area contributed by atoms with Crippen molar-refractivity contribution in [2.24, 2.45) is 0 Å². The third kappa shape index (κ3) is 6.23. The van der Waals surface area contributed by atoms with Crippen LogP contribution in [0.4, 0.5) is 10.5 Å². The van der Waals surface area contributed by atoms with Crippen molar-refractivity contribution >= 4 is 11.7 Å². The number of carbonyl (C=O) groups is 1. The van der Waals surface area contributed by atoms with Gasteiger partial charge in [0.15, 0.2) is 0 Å². The summed E-state index contributed by atoms with van der Waals surface area (Å²) >= 11 is 0. The molecule has 3 rings (SSSR count). The Morgan fingerprint density at radius 3 is 2.89 bits per heavy atom. The molecular formula is C20H22N4O4. The van der Waals surface area contributed by atoms with Gasteiger partial charge < -0.3 is 24.8 Å². The summed E-state index contributed by atoms with van der Waals surface area (Å²) in [5.41, 5.74) is 0.921. The van der Waals surface area contributed by atoms with Crippen LogP contribution in [-0.4, -0.2) is 43.5 Å². The number of urea groups is 1. The predicted molar refractivity (Wildman–Crippen MR) is 102 cm³/mol. The van der Waals surface area contributed by atoms with Crippen molar-refractivity contribution < 1.29 is 19.0 Å². The Hall–Kier alpha value is -3.15. The van der Waals surface area contributed by atoms with E-state index in [1.165, 1.54) is 6.20 Å². The first-order chi connectivity index (χ1) is 13.7. The van der Waals surface area contributed by atoms with Crippen molar-refractivity contribution in [1.29, 1.82) is 5.26 Å². The van der Waals surface area contributed by atoms with Gasteiger partial charge in [-0.3, -0.25) is 0 Å². The van der Waals surface area contributed by atoms with Gasteiger partial charge in [-0.05, 0) is 43.2 Å². The topological polar surface area (TPSA) is 106 Å². The Kier molecular flexibility index (Phi) is 7.18. The number of hydrogen-bond acceptors (Lipinski definition) is 6. The second-order valence-corrected chi connectivity index (χ2v) is 6.21. The zero-order chi connectivity index (χ0) is 19.6. The Morgan fingerprint density at radius 2 is 2.14 bits per heavy atom. The van der Waals surface area contributed by atoms with Crippen LogP contribution in [0.3, 0.4) is 0 Å². The highest BCUT2D eigenvalue weighted by atomic mass is 16.5. The van der Waals surface area contributed by atoms with Crippen LogP contribution < -0.4 is 15.4 Å². The lowest BCUT2D eigenvalue weighted by atomic mass is 10.2. The van der Waals surface area contributed by atoms with Crippen LogP contribution in [0.15, 0.2) is 42.6 Å². The number of amides is 2. The minimum absolute atomic E-state index is 0.188. The number of benzene rings is 1. The number of nitrogens with zero attached hydrogens (tertiary/aromatic N) is 2. The lowest BCUT2D eigenvalue weighted by molar-refractivity contribution is 0.0189. The predicted octanol–water partition coefficient (Wildman–Crippen LogP) is 3.06. The molecule has 2 N–H and O–H groups in total. The Bertz CT molecular complexity index is 814. The summed E-state index contributed by atoms with van der Waals surface area (Å²) in [6.07, 6.45) is 3.82. The highest BCUT2D eigenvalue weighted by molar-refractivity contribution is 5.89. The summed E-state index contributed by atoms with van der Waals surface area (Å²) in [6, 6.07) is 11.8. The first-order valence-electron chi connectivity index (χ1n) is 9.11. The molecule has 28 heavy (non-hydrogen) atoms. The van der Waals surface area contributed by atoms with Crippen molar-refractivity contribution in [2.75, 3.05) is 31.7 Å². The first kappa shape index (κ1) is 19.6. The summed E-state index contributed by atoms with van der Waals surface area (Å²) in [4.78, 5) is 15.8. The monoisotopic (exact) mass is 382 g/mol. The average Bonchev–Trinajstić information content (AvgIpc) is 3.23. The van der Waals surface area contributed by atoms with E-state index < -0.39 is 0 Å². The number of anilines is 1. The van der Waals surface area contributed by atoms with Crippen molar-refractivity contribution in [3.8, 4) is 17.6 Å². The van der Waals surface area contributed by atoms with E-state index in [0.29, 0.717) is 36.9 Å². The number of pyridine rings is 1. The molecule has 0 spiro atoms. The molecule has 2 heterocycles. The molecule has 0 bridgehead atoms. The van der Waals surface area contributed by atoms with Crippen LogP contribution in [0.25, 0.3) is 0 Å². The van der Waals surface area contributed by atoms with Crippen LogP contribution in [0.5, 0.6) is 11.5 Å². The molecule has 1 aromatic carbocycles. The normalized spacial score (nSPS) is 15.6. The quantitative estimate of drug-likeness (QED) is 0.680. The third-order valence-corrected chi connectivity index (χ3v) is 4.05. The van der Waals surface area contributed by atoms with Gasteiger partial charge in [-0.2, -0.15) is 5.26 Å². The molecule has 0 radical (unpaired) electrons. The molecule has 1 atom stereocenters. The highest BCUT2D eigenvalue weighted by Crippen LogP contribution is 2.23. The van der Waals surface area contributed by atoms with Gasteiger partial charge in [-0.25, -0.2) is 9.78 Å². The summed E-state index contributed by atoms with van der Waals surface area (Å²) in [6.45, 7) is 2.24. The van der Waals surface area contributed by atoms with E-state index in [0.717, 1.165) is 19.4 Å². The van der Waals surface area contributed by atoms with Gasteiger partial charge in [-0.1, -0.05) is 0 Å². The molecule has 0 aliphatic carbocycles. The first-order valence-corrected chi connectivity index (χ1v) is 9.11. The summed E-state index contributed by atoms with van der Waals surface area (Å²) in [5, 5.41) is 14.3. The van der Waals surface area contributed by atoms with Crippen molar-refractivity contribution in [2.45, 2.75) is 18.9 Å². The van der Waals surface area contributed by atoms with Gasteiger partial charge in [0.25, 0.3) is 0 Å². The maximum atomic E-state index is 11.9. The van der Waals surface area contributed by atoms with Gasteiger partial charge in [-0.15, -0.1) is 0 Å². The van der Waals surface area contributed by atoms with Crippen molar-refractivity contribution in [3.05, 3.63) is 48.3 Å². The number of nitrogens with one attached hydrogen (secondary N) is 2. The minimum atomic E-state index is -0.304. The number of ether oxygens (including phenoxy) is 3. The van der Waals surface area contributed by atoms with Crippen LogP contribution in [0.2, 0.25) is 0 Å². The molecule has 2 amide bonds. The average molecular weight is 382 g/mol. The largest absolute Gasteiger partial charge is 0.457 e. The van der Waals surface area contributed by atoms with E-state index in [1.807, 2.05) is 6.07 Å². The SMILES string of the molecule is N#Cc1cc(Oc2ccc(NC(=O)NCCOCC3CCCO3)cc2)ccn1. The van der Waals surface area contributed by atoms with E-state index >= 15 is 0 Å². The van der Waals surface area contributed by atoms with Crippen molar-refractivity contribution in [3.63, 3.8) is 0 Å². The maximum absolute atomic E-state index is 11.9. The molecule has 0 saturated carbocycles. The maximum Gasteiger partial charge on any atom is 0.319 e. The molecule has 2 aromatic rings. The molecule has 1 fully saturated rings. The van der Waals surface area contributed by atoms with E-state index in [1.54, 1.807) is 36.4 Å². The third-order valence-electron chi connectivity index (χ3n) is 4.05. The minimum Gasteiger partial charge on any atom is -0.457 e. The van der Waals surface area contributed by atoms with Crippen LogP contribution in [0.1, 0.15) is 18.5 Å². The molecule has 8 nitrogen and oxygen atoms in total. The van der Waals surface area contributed by atoms with Crippen LogP contribution in [0, 0.1) is 11.3 Å². The fourth-order valence-corrected chi connectivity index (χ4v) is 2.68. The molecule has 1 unspecified atom stereocenters. The van der Waals surface area contributed by atoms with Gasteiger partial charge in [0.2, 0.25) is 0 Å². The Morgan fingerprint density at radius 1 is 1.29 bits per heavy atom. The molecule has 1 aliphatic rings. The second kappa shape index (κ2) is 10.3. The van der Waals surface area contributed by atoms with Gasteiger partial charge in [0, 0.05) is 31.1 Å². The number of hydrogen-bond donors (Lipinski definition) is 2. The molecule has 1 saturated heterocycles. The Balaban J connectivity index is 1.37. The number of aromatic nitrogens is 1. The zero-order valence-electron chi connectivity index (χ0n) is 15.4. The summed E-state index contributed by atoms with van der Waals surface area (Å²) in [7, 11) is 0. The van der Waals surface area contributed by atoms with Gasteiger partial charge in [0.1, 0.15) is 23.3 Å². The number of nitriles is 1. The highest BCUT2D eigenvalue weighted by Gasteiger charge is 2.15. The zero-order valence-corrected chi connectivity index (χ0v) is 15.4. The van der Waals surface area contributed by atoms with Crippen LogP contribution in [-0.2, 0) is 9.47 Å². The Labute approximate surface area is 163 Å². The molecule has 1 aliphatic heterocycles. The summed E-state index contributed by atoms with van der Waals surface area (Å²) < 4.78 is 16.6. The lowest BCUT2D eigenvalue weighted by Crippen LogP contribution is -2.32. The van der Waals surface area contributed by atoms with Crippen LogP contribution >= 0.6 is 0 Å². The molecule has 146 valence electrons. The van der Waals surface area contributed by atoms with E-state index in [9.17, 15) is 4.79 Å². The van der Waals surface area contributed by atoms with E-state index in [4.69, 9.17) is 19.5 Å². The van der Waals surface area contributed by atoms with E-state index in [2.05, 4.69) is 15.6 Å². The molecule has 8 heteroatoms. The van der Waals surface area contributed by atoms with Crippen molar-refractivity contribution in [1.82, 2.24) is 10.3 Å². The number of carbonyl (C=O) groups excluding carboxylic acids is 1. The van der Waals surface area contributed by atoms with Gasteiger partial charge in [0.05, 0.1) is 19.3 Å². The molecular weight excluding hydrogens is 360 g/mol. The molecule has 1 aromatic heterocycles. The fraction of sp³-hybridized carbons (Fsp3) is 0.350. The van der Waals surface area contributed by atoms with Gasteiger partial charge >= 0.3 is 6.03 Å². The lowest BCUT2D eigenvalue weighted by Gasteiger charge is -2.11. The summed E-state index contributed by atoms with van der Waals surface area (Å²) in [5.74, 6) is 1.11. The van der Waals surface area contributed by atoms with E-state index in [-0.39, 0.29) is 17.8 Å². The smallest absolute Gasteiger partial charge is 0.319 e.